The molecule has 14 nitrogen and oxygen atoms in total. The summed E-state index contributed by atoms with van der Waals surface area (Å²) in [4.78, 5) is 37.4. The van der Waals surface area contributed by atoms with Crippen molar-refractivity contribution in [1.82, 2.24) is 25.0 Å². The Morgan fingerprint density at radius 1 is 1.00 bits per heavy atom. The van der Waals surface area contributed by atoms with Gasteiger partial charge in [0, 0.05) is 40.9 Å². The fourth-order valence-corrected chi connectivity index (χ4v) is 8.31. The Morgan fingerprint density at radius 2 is 1.70 bits per heavy atom. The molecule has 0 N–H and O–H groups in total. The molecule has 2 aliphatic rings. The molecule has 4 aromatic rings. The average molecular weight is 821 g/mol. The van der Waals surface area contributed by atoms with Gasteiger partial charge in [-0.3, -0.25) is 4.98 Å². The van der Waals surface area contributed by atoms with E-state index in [1.54, 1.807) is 77.3 Å². The Labute approximate surface area is 336 Å². The van der Waals surface area contributed by atoms with Crippen LogP contribution >= 0.6 is 23.1 Å². The number of amides is 2. The van der Waals surface area contributed by atoms with Gasteiger partial charge in [0.25, 0.3) is 0 Å². The Kier molecular flexibility index (Phi) is 12.4. The second-order valence-electron chi connectivity index (χ2n) is 16.3. The molecule has 56 heavy (non-hydrogen) atoms. The van der Waals surface area contributed by atoms with Crippen LogP contribution in [0, 0.1) is 11.5 Å². The number of hydrogen-bond donors (Lipinski definition) is 0. The van der Waals surface area contributed by atoms with E-state index in [1.165, 1.54) is 11.8 Å². The number of pyridine rings is 1. The summed E-state index contributed by atoms with van der Waals surface area (Å²) in [5, 5.41) is 10.8. The highest BCUT2D eigenvalue weighted by Crippen LogP contribution is 2.44. The Bertz CT molecular complexity index is 2040. The van der Waals surface area contributed by atoms with E-state index >= 15 is 0 Å². The monoisotopic (exact) mass is 820 g/mol. The molecule has 2 fully saturated rings. The highest BCUT2D eigenvalue weighted by molar-refractivity contribution is 7.99. The van der Waals surface area contributed by atoms with Gasteiger partial charge in [0.05, 0.1) is 12.8 Å². The van der Waals surface area contributed by atoms with Gasteiger partial charge >= 0.3 is 12.2 Å². The molecule has 17 heteroatoms. The summed E-state index contributed by atoms with van der Waals surface area (Å²) in [5.41, 5.74) is 3.61. The third kappa shape index (κ3) is 10.4. The minimum Gasteiger partial charge on any atom is -0.443 e. The van der Waals surface area contributed by atoms with Crippen LogP contribution in [0.25, 0.3) is 11.4 Å². The van der Waals surface area contributed by atoms with Crippen molar-refractivity contribution in [2.75, 3.05) is 18.6 Å². The van der Waals surface area contributed by atoms with E-state index in [0.29, 0.717) is 11.4 Å². The molecule has 5 heterocycles. The zero-order valence-electron chi connectivity index (χ0n) is 33.2. The molecule has 0 saturated carbocycles. The summed E-state index contributed by atoms with van der Waals surface area (Å²) >= 11 is 2.54. The maximum absolute atomic E-state index is 13.3. The van der Waals surface area contributed by atoms with E-state index in [-0.39, 0.29) is 11.7 Å². The van der Waals surface area contributed by atoms with Crippen molar-refractivity contribution in [3.63, 3.8) is 0 Å². The van der Waals surface area contributed by atoms with E-state index in [0.717, 1.165) is 32.3 Å². The quantitative estimate of drug-likeness (QED) is 0.132. The molecular formula is C39H48N6O8S2Si. The van der Waals surface area contributed by atoms with E-state index in [9.17, 15) is 9.59 Å². The van der Waals surface area contributed by atoms with Crippen LogP contribution in [0.5, 0.6) is 0 Å². The summed E-state index contributed by atoms with van der Waals surface area (Å²) in [6.07, 6.45) is 1.20. The van der Waals surface area contributed by atoms with Crippen LogP contribution in [0.15, 0.2) is 65.3 Å². The number of thioether (sulfide) groups is 1. The number of nitrogens with zero attached hydrogens (tertiary/aromatic N) is 6. The van der Waals surface area contributed by atoms with E-state index in [4.69, 9.17) is 28.4 Å². The first-order chi connectivity index (χ1) is 26.4. The number of rotatable bonds is 7. The Morgan fingerprint density at radius 3 is 2.34 bits per heavy atom. The van der Waals surface area contributed by atoms with Crippen molar-refractivity contribution in [2.45, 2.75) is 113 Å². The molecule has 2 aliphatic heterocycles. The smallest absolute Gasteiger partial charge is 0.426 e. The van der Waals surface area contributed by atoms with Gasteiger partial charge in [-0.15, -0.1) is 22.0 Å². The van der Waals surface area contributed by atoms with Gasteiger partial charge in [0.1, 0.15) is 60.5 Å². The molecule has 2 saturated heterocycles. The number of benzene rings is 1. The number of fused-ring (bicyclic) bond motifs is 1. The number of methoxy groups -OCH3 is 1. The standard InChI is InChI=1S/C39H48N6O8S2Si/c1-38(2,3)52-36(46)45(37(47)53-39(4,5)6)35-41-28(23-54-35)27-21-44(43-42-27)30-31-29(22-49-33(51-31)25-14-12-11-13-15-25)50-34(32(30)48-7)55-26-18-24(19-40-20-26)16-17-56(8,9)10/h11-15,18-21,23,29-34H,22H2,1-10H3/t29?,30?,31-,32?,33?,34+/m0/s1. The minimum absolute atomic E-state index is 0.0549. The van der Waals surface area contributed by atoms with Crippen molar-refractivity contribution in [2.24, 2.45) is 0 Å². The third-order valence-corrected chi connectivity index (χ3v) is 10.9. The van der Waals surface area contributed by atoms with Crippen molar-refractivity contribution >= 4 is 48.5 Å². The number of imide groups is 1. The number of anilines is 1. The second-order valence-corrected chi connectivity index (χ2v) is 23.1. The van der Waals surface area contributed by atoms with E-state index in [1.807, 2.05) is 36.4 Å². The predicted molar refractivity (Wildman–Crippen MR) is 215 cm³/mol. The summed E-state index contributed by atoms with van der Waals surface area (Å²) in [6, 6.07) is 11.2. The summed E-state index contributed by atoms with van der Waals surface area (Å²) in [5.74, 6) is 3.29. The largest absolute Gasteiger partial charge is 0.443 e. The van der Waals surface area contributed by atoms with Gasteiger partial charge in [-0.2, -0.15) is 4.90 Å². The highest BCUT2D eigenvalue weighted by Gasteiger charge is 2.52. The van der Waals surface area contributed by atoms with Crippen molar-refractivity contribution < 1.29 is 38.0 Å². The van der Waals surface area contributed by atoms with Crippen molar-refractivity contribution in [1.29, 1.82) is 0 Å². The lowest BCUT2D eigenvalue weighted by molar-refractivity contribution is -0.308. The lowest BCUT2D eigenvalue weighted by Gasteiger charge is -2.48. The van der Waals surface area contributed by atoms with Crippen LogP contribution in [0.3, 0.4) is 0 Å². The fourth-order valence-electron chi connectivity index (χ4n) is 5.81. The molecule has 2 amide bonds. The average Bonchev–Trinajstić information content (AvgIpc) is 3.79. The van der Waals surface area contributed by atoms with Crippen LogP contribution < -0.4 is 4.90 Å². The second kappa shape index (κ2) is 16.8. The number of aromatic nitrogens is 5. The van der Waals surface area contributed by atoms with E-state index < -0.39 is 67.5 Å². The Hall–Kier alpha value is -4.15. The van der Waals surface area contributed by atoms with Crippen LogP contribution in [0.1, 0.15) is 65.0 Å². The van der Waals surface area contributed by atoms with Gasteiger partial charge in [-0.25, -0.2) is 19.3 Å². The summed E-state index contributed by atoms with van der Waals surface area (Å²) in [7, 11) is 0.0294. The minimum atomic E-state index is -1.60. The van der Waals surface area contributed by atoms with Crippen molar-refractivity contribution in [3.8, 4) is 22.9 Å². The maximum atomic E-state index is 13.3. The van der Waals surface area contributed by atoms with Crippen LogP contribution in [0.4, 0.5) is 14.7 Å². The molecule has 0 radical (unpaired) electrons. The molecule has 1 aromatic carbocycles. The zero-order chi connectivity index (χ0) is 40.4. The number of carbonyl (C=O) groups excluding carboxylic acids is 2. The van der Waals surface area contributed by atoms with Gasteiger partial charge in [-0.1, -0.05) is 72.9 Å². The zero-order valence-corrected chi connectivity index (χ0v) is 35.8. The topological polar surface area (TPSA) is 149 Å². The number of ether oxygens (including phenoxy) is 6. The van der Waals surface area contributed by atoms with Gasteiger partial charge < -0.3 is 28.4 Å². The number of carbonyl (C=O) groups is 2. The molecule has 298 valence electrons. The van der Waals surface area contributed by atoms with Crippen LogP contribution in [0.2, 0.25) is 19.6 Å². The maximum Gasteiger partial charge on any atom is 0.426 e. The normalized spacial score (nSPS) is 22.7. The van der Waals surface area contributed by atoms with Crippen LogP contribution in [-0.2, 0) is 28.4 Å². The van der Waals surface area contributed by atoms with Gasteiger partial charge in [-0.05, 0) is 47.6 Å². The first-order valence-corrected chi connectivity index (χ1v) is 23.4. The molecule has 4 unspecified atom stereocenters. The predicted octanol–water partition coefficient (Wildman–Crippen LogP) is 7.89. The molecule has 6 rings (SSSR count). The Balaban J connectivity index is 1.33. The van der Waals surface area contributed by atoms with Gasteiger partial charge in [0.15, 0.2) is 6.29 Å². The first kappa shape index (κ1) is 41.5. The van der Waals surface area contributed by atoms with Gasteiger partial charge in [0.2, 0.25) is 5.13 Å². The molecular weight excluding hydrogens is 773 g/mol. The fraction of sp³-hybridized carbons (Fsp3) is 0.487. The van der Waals surface area contributed by atoms with E-state index in [2.05, 4.69) is 51.4 Å². The lowest BCUT2D eigenvalue weighted by Crippen LogP contribution is -2.59. The number of thiazole rings is 1. The SMILES string of the molecule is COC1C(n2cc(-c3csc(N(C(=O)OC(C)(C)C)C(=O)OC(C)(C)C)n3)nn2)[C@H]2OC(c3ccccc3)OCC2O[C@@H]1Sc1cncc(C#C[Si](C)(C)C)c1. The molecule has 0 aliphatic carbocycles. The van der Waals surface area contributed by atoms with Crippen molar-refractivity contribution in [3.05, 3.63) is 71.5 Å². The molecule has 0 spiro atoms. The first-order valence-electron chi connectivity index (χ1n) is 18.2. The highest BCUT2D eigenvalue weighted by atomic mass is 32.2. The summed E-state index contributed by atoms with van der Waals surface area (Å²) in [6.45, 7) is 17.1. The molecule has 3 aromatic heterocycles. The lowest BCUT2D eigenvalue weighted by atomic mass is 9.95. The molecule has 0 bridgehead atoms. The molecule has 6 atom stereocenters. The third-order valence-electron chi connectivity index (χ3n) is 8.11. The van der Waals surface area contributed by atoms with Crippen LogP contribution in [-0.4, -0.2) is 93.9 Å². The summed E-state index contributed by atoms with van der Waals surface area (Å²) < 4.78 is 38.6. The number of hydrogen-bond acceptors (Lipinski definition) is 14.